The summed E-state index contributed by atoms with van der Waals surface area (Å²) in [6.07, 6.45) is 6.74. The molecule has 22 heavy (non-hydrogen) atoms. The molecule has 1 heterocycles. The Labute approximate surface area is 133 Å². The molecule has 0 saturated carbocycles. The Morgan fingerprint density at radius 3 is 2.32 bits per heavy atom. The standard InChI is InChI=1S/C19H25NO2/c1-13-8-9-14(2)19(15(13)3)22-12-18(21)20-10-16-6-4-5-7-17(16)11-20/h4-5,8-9,16-17H,6-7,10-12H2,1-3H3. The summed E-state index contributed by atoms with van der Waals surface area (Å²) >= 11 is 0. The lowest BCUT2D eigenvalue weighted by molar-refractivity contribution is -0.132. The first-order chi connectivity index (χ1) is 10.6. The number of carbonyl (C=O) groups excluding carboxylic acids is 1. The summed E-state index contributed by atoms with van der Waals surface area (Å²) in [5.74, 6) is 2.29. The van der Waals surface area contributed by atoms with E-state index in [2.05, 4.69) is 38.1 Å². The van der Waals surface area contributed by atoms with Crippen LogP contribution in [0.1, 0.15) is 29.5 Å². The fraction of sp³-hybridized carbons (Fsp3) is 0.526. The third-order valence-electron chi connectivity index (χ3n) is 5.19. The molecule has 1 aromatic carbocycles. The maximum absolute atomic E-state index is 12.5. The number of allylic oxidation sites excluding steroid dienone is 2. The lowest BCUT2D eigenvalue weighted by atomic mass is 9.86. The molecule has 118 valence electrons. The van der Waals surface area contributed by atoms with Gasteiger partial charge in [0.25, 0.3) is 5.91 Å². The molecule has 3 rings (SSSR count). The maximum Gasteiger partial charge on any atom is 0.260 e. The maximum atomic E-state index is 12.5. The molecule has 3 heteroatoms. The minimum Gasteiger partial charge on any atom is -0.483 e. The zero-order chi connectivity index (χ0) is 15.7. The van der Waals surface area contributed by atoms with Crippen LogP contribution in [-0.2, 0) is 4.79 Å². The summed E-state index contributed by atoms with van der Waals surface area (Å²) < 4.78 is 5.87. The topological polar surface area (TPSA) is 29.5 Å². The number of carbonyl (C=O) groups is 1. The average molecular weight is 299 g/mol. The smallest absolute Gasteiger partial charge is 0.260 e. The second-order valence-corrected chi connectivity index (χ2v) is 6.70. The molecule has 2 unspecified atom stereocenters. The van der Waals surface area contributed by atoms with E-state index in [-0.39, 0.29) is 12.5 Å². The number of hydrogen-bond acceptors (Lipinski definition) is 2. The van der Waals surface area contributed by atoms with Crippen molar-refractivity contribution < 1.29 is 9.53 Å². The Kier molecular flexibility index (Phi) is 4.23. The van der Waals surface area contributed by atoms with Crippen LogP contribution in [-0.4, -0.2) is 30.5 Å². The number of ether oxygens (including phenoxy) is 1. The van der Waals surface area contributed by atoms with Crippen molar-refractivity contribution in [2.75, 3.05) is 19.7 Å². The van der Waals surface area contributed by atoms with Gasteiger partial charge in [0.05, 0.1) is 0 Å². The quantitative estimate of drug-likeness (QED) is 0.800. The summed E-state index contributed by atoms with van der Waals surface area (Å²) in [5, 5.41) is 0. The number of hydrogen-bond donors (Lipinski definition) is 0. The van der Waals surface area contributed by atoms with Crippen LogP contribution in [0.2, 0.25) is 0 Å². The van der Waals surface area contributed by atoms with Crippen LogP contribution >= 0.6 is 0 Å². The van der Waals surface area contributed by atoms with E-state index < -0.39 is 0 Å². The number of nitrogens with zero attached hydrogens (tertiary/aromatic N) is 1. The van der Waals surface area contributed by atoms with Crippen LogP contribution in [0, 0.1) is 32.6 Å². The Bertz CT molecular complexity index is 590. The molecule has 3 nitrogen and oxygen atoms in total. The van der Waals surface area contributed by atoms with Gasteiger partial charge < -0.3 is 9.64 Å². The highest BCUT2D eigenvalue weighted by atomic mass is 16.5. The van der Waals surface area contributed by atoms with Gasteiger partial charge in [0.2, 0.25) is 0 Å². The molecule has 2 atom stereocenters. The van der Waals surface area contributed by atoms with Gasteiger partial charge in [-0.05, 0) is 62.1 Å². The zero-order valence-electron chi connectivity index (χ0n) is 13.8. The number of fused-ring (bicyclic) bond motifs is 1. The van der Waals surface area contributed by atoms with Gasteiger partial charge in [0.1, 0.15) is 5.75 Å². The zero-order valence-corrected chi connectivity index (χ0v) is 13.8. The third kappa shape index (κ3) is 2.90. The molecule has 2 aliphatic rings. The van der Waals surface area contributed by atoms with Gasteiger partial charge in [-0.2, -0.15) is 0 Å². The lowest BCUT2D eigenvalue weighted by Gasteiger charge is -2.18. The van der Waals surface area contributed by atoms with Crippen molar-refractivity contribution in [2.45, 2.75) is 33.6 Å². The van der Waals surface area contributed by atoms with Crippen LogP contribution in [0.5, 0.6) is 5.75 Å². The van der Waals surface area contributed by atoms with Crippen molar-refractivity contribution in [2.24, 2.45) is 11.8 Å². The van der Waals surface area contributed by atoms with Gasteiger partial charge in [-0.15, -0.1) is 0 Å². The Morgan fingerprint density at radius 2 is 1.68 bits per heavy atom. The SMILES string of the molecule is Cc1ccc(C)c(OCC(=O)N2CC3CC=CCC3C2)c1C. The molecule has 0 N–H and O–H groups in total. The molecule has 1 aromatic rings. The monoisotopic (exact) mass is 299 g/mol. The van der Waals surface area contributed by atoms with E-state index in [1.54, 1.807) is 0 Å². The largest absolute Gasteiger partial charge is 0.483 e. The van der Waals surface area contributed by atoms with E-state index >= 15 is 0 Å². The fourth-order valence-corrected chi connectivity index (χ4v) is 3.59. The number of likely N-dealkylation sites (tertiary alicyclic amines) is 1. The van der Waals surface area contributed by atoms with E-state index in [1.807, 2.05) is 11.8 Å². The Hall–Kier alpha value is -1.77. The van der Waals surface area contributed by atoms with E-state index in [4.69, 9.17) is 4.74 Å². The lowest BCUT2D eigenvalue weighted by Crippen LogP contribution is -2.33. The predicted octanol–water partition coefficient (Wildman–Crippen LogP) is 3.42. The van der Waals surface area contributed by atoms with Crippen molar-refractivity contribution in [3.05, 3.63) is 41.0 Å². The summed E-state index contributed by atoms with van der Waals surface area (Å²) in [4.78, 5) is 14.4. The molecule has 1 fully saturated rings. The fourth-order valence-electron chi connectivity index (χ4n) is 3.59. The van der Waals surface area contributed by atoms with Gasteiger partial charge in [0.15, 0.2) is 6.61 Å². The highest BCUT2D eigenvalue weighted by Gasteiger charge is 2.35. The number of benzene rings is 1. The van der Waals surface area contributed by atoms with Gasteiger partial charge in [0, 0.05) is 13.1 Å². The normalized spacial score (nSPS) is 23.5. The molecule has 0 radical (unpaired) electrons. The Morgan fingerprint density at radius 1 is 1.09 bits per heavy atom. The molecule has 1 aliphatic carbocycles. The van der Waals surface area contributed by atoms with Gasteiger partial charge >= 0.3 is 0 Å². The summed E-state index contributed by atoms with van der Waals surface area (Å²) in [7, 11) is 0. The van der Waals surface area contributed by atoms with Crippen LogP contribution in [0.15, 0.2) is 24.3 Å². The van der Waals surface area contributed by atoms with Gasteiger partial charge in [-0.3, -0.25) is 4.79 Å². The van der Waals surface area contributed by atoms with E-state index in [0.717, 1.165) is 42.8 Å². The van der Waals surface area contributed by atoms with Crippen LogP contribution in [0.25, 0.3) is 0 Å². The summed E-state index contributed by atoms with van der Waals surface area (Å²) in [6.45, 7) is 8.09. The van der Waals surface area contributed by atoms with Crippen LogP contribution in [0.4, 0.5) is 0 Å². The van der Waals surface area contributed by atoms with Crippen molar-refractivity contribution in [1.82, 2.24) is 4.90 Å². The van der Waals surface area contributed by atoms with E-state index in [0.29, 0.717) is 11.8 Å². The number of aryl methyl sites for hydroxylation is 2. The van der Waals surface area contributed by atoms with Crippen LogP contribution < -0.4 is 4.74 Å². The molecule has 0 aromatic heterocycles. The van der Waals surface area contributed by atoms with Crippen LogP contribution in [0.3, 0.4) is 0 Å². The molecular weight excluding hydrogens is 274 g/mol. The molecule has 1 aliphatic heterocycles. The number of amides is 1. The Balaban J connectivity index is 1.61. The second-order valence-electron chi connectivity index (χ2n) is 6.70. The first kappa shape index (κ1) is 15.1. The second kappa shape index (κ2) is 6.15. The molecule has 0 bridgehead atoms. The number of rotatable bonds is 3. The highest BCUT2D eigenvalue weighted by Crippen LogP contribution is 2.33. The summed E-state index contributed by atoms with van der Waals surface area (Å²) in [5.41, 5.74) is 3.42. The van der Waals surface area contributed by atoms with Crippen molar-refractivity contribution in [3.8, 4) is 5.75 Å². The van der Waals surface area contributed by atoms with Crippen molar-refractivity contribution >= 4 is 5.91 Å². The molecular formula is C19H25NO2. The molecule has 1 amide bonds. The van der Waals surface area contributed by atoms with Gasteiger partial charge in [-0.25, -0.2) is 0 Å². The molecule has 1 saturated heterocycles. The first-order valence-corrected chi connectivity index (χ1v) is 8.18. The predicted molar refractivity (Wildman–Crippen MR) is 88.1 cm³/mol. The minimum absolute atomic E-state index is 0.120. The summed E-state index contributed by atoms with van der Waals surface area (Å²) in [6, 6.07) is 4.15. The third-order valence-corrected chi connectivity index (χ3v) is 5.19. The van der Waals surface area contributed by atoms with E-state index in [9.17, 15) is 4.79 Å². The van der Waals surface area contributed by atoms with Crippen molar-refractivity contribution in [3.63, 3.8) is 0 Å². The van der Waals surface area contributed by atoms with E-state index in [1.165, 1.54) is 5.56 Å². The van der Waals surface area contributed by atoms with Gasteiger partial charge in [-0.1, -0.05) is 24.3 Å². The minimum atomic E-state index is 0.120. The highest BCUT2D eigenvalue weighted by molar-refractivity contribution is 5.78. The molecule has 0 spiro atoms. The average Bonchev–Trinajstić information content (AvgIpc) is 2.95. The first-order valence-electron chi connectivity index (χ1n) is 8.18. The van der Waals surface area contributed by atoms with Crippen molar-refractivity contribution in [1.29, 1.82) is 0 Å².